The molecule has 0 aromatic heterocycles. The first-order valence-electron chi connectivity index (χ1n) is 10.5. The molecule has 7 nitrogen and oxygen atoms in total. The molecule has 0 aliphatic carbocycles. The van der Waals surface area contributed by atoms with Gasteiger partial charge in [0, 0.05) is 35.3 Å². The smallest absolute Gasteiger partial charge is 0.335 e. The van der Waals surface area contributed by atoms with Gasteiger partial charge in [-0.2, -0.15) is 0 Å². The fraction of sp³-hybridized carbons (Fsp3) is 0.240. The summed E-state index contributed by atoms with van der Waals surface area (Å²) in [5.74, 6) is -0.0840. The summed E-state index contributed by atoms with van der Waals surface area (Å²) in [5.41, 5.74) is 4.49. The molecule has 3 aromatic rings. The zero-order valence-corrected chi connectivity index (χ0v) is 17.5. The third-order valence-corrected chi connectivity index (χ3v) is 5.65. The number of fused-ring (bicyclic) bond motifs is 1. The number of rotatable bonds is 8. The average molecular weight is 433 g/mol. The Labute approximate surface area is 185 Å². The lowest BCUT2D eigenvalue weighted by Crippen LogP contribution is -2.55. The lowest BCUT2D eigenvalue weighted by atomic mass is 9.96. The van der Waals surface area contributed by atoms with Gasteiger partial charge in [0.15, 0.2) is 0 Å². The molecule has 3 aromatic carbocycles. The van der Waals surface area contributed by atoms with Gasteiger partial charge in [-0.3, -0.25) is 0 Å². The van der Waals surface area contributed by atoms with Gasteiger partial charge in [-0.05, 0) is 59.4 Å². The van der Waals surface area contributed by atoms with Crippen molar-refractivity contribution in [1.82, 2.24) is 5.32 Å². The van der Waals surface area contributed by atoms with Crippen LogP contribution in [0.15, 0.2) is 66.7 Å². The first-order chi connectivity index (χ1) is 15.5. The molecule has 0 saturated heterocycles. The van der Waals surface area contributed by atoms with Crippen LogP contribution in [0.2, 0.25) is 0 Å². The van der Waals surface area contributed by atoms with Crippen LogP contribution in [-0.2, 0) is 6.42 Å². The SMILES string of the molecule is O=[NH+]c1cccc(C(O)CNC[C@H]2CCc3cc(-c4ccc(C(=O)O)cc4)ccc3O2)c1. The number of hydrogen-bond acceptors (Lipinski definition) is 5. The predicted molar refractivity (Wildman–Crippen MR) is 120 cm³/mol. The Morgan fingerprint density at radius 2 is 1.88 bits per heavy atom. The van der Waals surface area contributed by atoms with E-state index < -0.39 is 12.1 Å². The van der Waals surface area contributed by atoms with E-state index in [1.165, 1.54) is 0 Å². The number of aliphatic hydroxyl groups is 1. The van der Waals surface area contributed by atoms with Crippen molar-refractivity contribution in [2.24, 2.45) is 0 Å². The van der Waals surface area contributed by atoms with E-state index in [4.69, 9.17) is 9.84 Å². The number of nitrogens with one attached hydrogen (secondary N) is 2. The number of carboxylic acid groups (broad SMARTS) is 1. The second-order valence-electron chi connectivity index (χ2n) is 7.89. The van der Waals surface area contributed by atoms with E-state index in [1.807, 2.05) is 29.4 Å². The molecule has 1 unspecified atom stereocenters. The molecule has 0 saturated carbocycles. The quantitative estimate of drug-likeness (QED) is 0.435. The standard InChI is InChI=1S/C25H24N2O5/c28-23(19-2-1-3-21(13-19)27-31)15-26-14-22-10-8-20-12-18(9-11-24(20)32-22)16-4-6-17(7-5-16)25(29)30/h1-7,9,11-13,22-23,26,28H,8,10,14-15H2,(H,29,30)/p+1/t22-,23?/m1/s1. The highest BCUT2D eigenvalue weighted by atomic mass is 16.5. The second-order valence-corrected chi connectivity index (χ2v) is 7.89. The van der Waals surface area contributed by atoms with Crippen LogP contribution < -0.4 is 15.2 Å². The van der Waals surface area contributed by atoms with Crippen LogP contribution in [0.5, 0.6) is 5.75 Å². The maximum Gasteiger partial charge on any atom is 0.335 e. The van der Waals surface area contributed by atoms with Crippen LogP contribution in [-0.4, -0.2) is 35.4 Å². The largest absolute Gasteiger partial charge is 0.489 e. The van der Waals surface area contributed by atoms with Crippen molar-refractivity contribution in [2.45, 2.75) is 25.0 Å². The molecule has 1 aliphatic heterocycles. The van der Waals surface area contributed by atoms with Gasteiger partial charge in [0.05, 0.1) is 11.7 Å². The average Bonchev–Trinajstić information content (AvgIpc) is 2.83. The Hall–Kier alpha value is -3.55. The normalized spacial score (nSPS) is 16.0. The maximum absolute atomic E-state index is 11.0. The van der Waals surface area contributed by atoms with Crippen molar-refractivity contribution in [3.63, 3.8) is 0 Å². The fourth-order valence-corrected chi connectivity index (χ4v) is 3.88. The van der Waals surface area contributed by atoms with E-state index in [-0.39, 0.29) is 11.7 Å². The highest BCUT2D eigenvalue weighted by Gasteiger charge is 2.20. The minimum absolute atomic E-state index is 0.00467. The summed E-state index contributed by atoms with van der Waals surface area (Å²) >= 11 is 0. The van der Waals surface area contributed by atoms with Gasteiger partial charge in [0.2, 0.25) is 0 Å². The van der Waals surface area contributed by atoms with Crippen LogP contribution in [0.4, 0.5) is 5.69 Å². The first-order valence-corrected chi connectivity index (χ1v) is 10.5. The number of aliphatic hydroxyl groups excluding tert-OH is 1. The molecule has 0 amide bonds. The van der Waals surface area contributed by atoms with Crippen LogP contribution in [0.1, 0.15) is 34.0 Å². The number of hydrogen-bond donors (Lipinski definition) is 4. The zero-order chi connectivity index (χ0) is 22.5. The van der Waals surface area contributed by atoms with E-state index in [0.717, 1.165) is 35.3 Å². The van der Waals surface area contributed by atoms with Crippen LogP contribution >= 0.6 is 0 Å². The molecule has 1 heterocycles. The highest BCUT2D eigenvalue weighted by molar-refractivity contribution is 5.88. The predicted octanol–water partition coefficient (Wildman–Crippen LogP) is 2.55. The molecule has 0 fully saturated rings. The van der Waals surface area contributed by atoms with Gasteiger partial charge < -0.3 is 20.3 Å². The molecule has 0 bridgehead atoms. The maximum atomic E-state index is 11.0. The molecule has 0 radical (unpaired) electrons. The van der Waals surface area contributed by atoms with Gasteiger partial charge in [0.1, 0.15) is 11.9 Å². The van der Waals surface area contributed by atoms with Crippen molar-refractivity contribution < 1.29 is 24.9 Å². The van der Waals surface area contributed by atoms with Gasteiger partial charge in [-0.15, -0.1) is 0 Å². The third-order valence-electron chi connectivity index (χ3n) is 5.65. The van der Waals surface area contributed by atoms with Crippen molar-refractivity contribution in [3.05, 3.63) is 88.3 Å². The van der Waals surface area contributed by atoms with E-state index in [1.54, 1.807) is 36.4 Å². The molecule has 4 rings (SSSR count). The van der Waals surface area contributed by atoms with Crippen molar-refractivity contribution in [1.29, 1.82) is 0 Å². The Bertz CT molecular complexity index is 1110. The van der Waals surface area contributed by atoms with E-state index >= 15 is 0 Å². The van der Waals surface area contributed by atoms with E-state index in [2.05, 4.69) is 11.4 Å². The monoisotopic (exact) mass is 433 g/mol. The Kier molecular flexibility index (Phi) is 6.58. The topological polar surface area (TPSA) is 110 Å². The van der Waals surface area contributed by atoms with E-state index in [0.29, 0.717) is 24.3 Å². The molecular formula is C25H25N2O5+. The van der Waals surface area contributed by atoms with Crippen molar-refractivity contribution in [3.8, 4) is 16.9 Å². The number of carbonyl (C=O) groups is 1. The summed E-state index contributed by atoms with van der Waals surface area (Å²) in [6.45, 7) is 0.967. The fourth-order valence-electron chi connectivity index (χ4n) is 3.88. The number of ether oxygens (including phenoxy) is 1. The van der Waals surface area contributed by atoms with Gasteiger partial charge in [-0.25, -0.2) is 4.79 Å². The van der Waals surface area contributed by atoms with Crippen molar-refractivity contribution >= 4 is 11.7 Å². The molecule has 2 atom stereocenters. The summed E-state index contributed by atoms with van der Waals surface area (Å²) in [4.78, 5) is 21.8. The molecule has 7 heteroatoms. The second kappa shape index (κ2) is 9.72. The summed E-state index contributed by atoms with van der Waals surface area (Å²) in [7, 11) is 0. The number of carboxylic acids is 1. The number of nitroso groups, excluding NO2 is 1. The molecule has 1 aliphatic rings. The summed E-state index contributed by atoms with van der Waals surface area (Å²) in [5, 5.41) is 24.5. The summed E-state index contributed by atoms with van der Waals surface area (Å²) in [6.07, 6.45) is 1.02. The van der Waals surface area contributed by atoms with Gasteiger partial charge in [0.25, 0.3) is 5.69 Å². The Balaban J connectivity index is 1.33. The summed E-state index contributed by atoms with van der Waals surface area (Å²) < 4.78 is 6.12. The minimum atomic E-state index is -0.935. The number of aryl methyl sites for hydroxylation is 1. The third kappa shape index (κ3) is 5.01. The van der Waals surface area contributed by atoms with Crippen LogP contribution in [0, 0.1) is 4.91 Å². The molecule has 32 heavy (non-hydrogen) atoms. The van der Waals surface area contributed by atoms with Gasteiger partial charge >= 0.3 is 5.97 Å². The highest BCUT2D eigenvalue weighted by Crippen LogP contribution is 2.32. The molecule has 4 N–H and O–H groups in total. The Morgan fingerprint density at radius 3 is 2.62 bits per heavy atom. The lowest BCUT2D eigenvalue weighted by molar-refractivity contribution is -0.379. The minimum Gasteiger partial charge on any atom is -0.489 e. The van der Waals surface area contributed by atoms with Gasteiger partial charge in [-0.1, -0.05) is 30.3 Å². The first kappa shape index (κ1) is 21.7. The number of aromatic carboxylic acids is 1. The Morgan fingerprint density at radius 1 is 1.09 bits per heavy atom. The van der Waals surface area contributed by atoms with E-state index in [9.17, 15) is 14.8 Å². The lowest BCUT2D eigenvalue weighted by Gasteiger charge is -2.27. The summed E-state index contributed by atoms with van der Waals surface area (Å²) in [6, 6.07) is 19.7. The van der Waals surface area contributed by atoms with Crippen LogP contribution in [0.25, 0.3) is 11.1 Å². The van der Waals surface area contributed by atoms with Crippen LogP contribution in [0.3, 0.4) is 0 Å². The zero-order valence-electron chi connectivity index (χ0n) is 17.5. The molecular weight excluding hydrogens is 408 g/mol. The number of benzene rings is 3. The molecule has 0 spiro atoms. The molecule has 164 valence electrons. The van der Waals surface area contributed by atoms with Crippen molar-refractivity contribution in [2.75, 3.05) is 13.1 Å².